The number of hydrogen-bond acceptors (Lipinski definition) is 2. The van der Waals surface area contributed by atoms with Crippen LogP contribution in [0.5, 0.6) is 0 Å². The second-order valence-electron chi connectivity index (χ2n) is 4.54. The first-order chi connectivity index (χ1) is 9.22. The molecule has 1 aromatic rings. The van der Waals surface area contributed by atoms with Gasteiger partial charge in [-0.25, -0.2) is 4.99 Å². The number of carbonyl (C=O) groups excluding carboxylic acids is 1. The third-order valence-corrected chi connectivity index (χ3v) is 4.22. The van der Waals surface area contributed by atoms with Gasteiger partial charge in [-0.3, -0.25) is 4.79 Å². The minimum absolute atomic E-state index is 0.142. The van der Waals surface area contributed by atoms with Crippen molar-refractivity contribution in [3.05, 3.63) is 64.6 Å². The molecule has 1 unspecified atom stereocenters. The van der Waals surface area contributed by atoms with Gasteiger partial charge in [-0.15, -0.1) is 11.8 Å². The van der Waals surface area contributed by atoms with E-state index in [4.69, 9.17) is 0 Å². The topological polar surface area (TPSA) is 29.4 Å². The monoisotopic (exact) mass is 267 g/mol. The van der Waals surface area contributed by atoms with E-state index in [0.29, 0.717) is 4.91 Å². The van der Waals surface area contributed by atoms with Crippen LogP contribution < -0.4 is 0 Å². The van der Waals surface area contributed by atoms with Gasteiger partial charge in [0.05, 0.1) is 15.9 Å². The Hall–Kier alpha value is -1.87. The summed E-state index contributed by atoms with van der Waals surface area (Å²) in [6.07, 6.45) is 9.80. The summed E-state index contributed by atoms with van der Waals surface area (Å²) in [4.78, 5) is 16.8. The van der Waals surface area contributed by atoms with E-state index in [2.05, 4.69) is 11.1 Å². The molecule has 1 aliphatic carbocycles. The molecule has 0 aromatic heterocycles. The summed E-state index contributed by atoms with van der Waals surface area (Å²) in [6.45, 7) is 2.05. The number of fused-ring (bicyclic) bond motifs is 1. The maximum atomic E-state index is 12.0. The van der Waals surface area contributed by atoms with Crippen LogP contribution in [0, 0.1) is 6.92 Å². The lowest BCUT2D eigenvalue weighted by atomic mass is 10.1. The Morgan fingerprint density at radius 3 is 2.79 bits per heavy atom. The molecule has 1 aromatic carbocycles. The van der Waals surface area contributed by atoms with Crippen LogP contribution in [-0.2, 0) is 4.79 Å². The highest BCUT2D eigenvalue weighted by atomic mass is 32.2. The van der Waals surface area contributed by atoms with Crippen molar-refractivity contribution >= 4 is 29.5 Å². The molecule has 2 aliphatic rings. The largest absolute Gasteiger partial charge is 0.283 e. The Labute approximate surface area is 116 Å². The third-order valence-electron chi connectivity index (χ3n) is 3.03. The zero-order valence-corrected chi connectivity index (χ0v) is 11.4. The van der Waals surface area contributed by atoms with Crippen LogP contribution in [0.25, 0.3) is 6.08 Å². The molecule has 1 heterocycles. The van der Waals surface area contributed by atoms with Crippen molar-refractivity contribution in [3.8, 4) is 0 Å². The number of carbonyl (C=O) groups is 1. The Kier molecular flexibility index (Phi) is 3.22. The molecule has 94 valence electrons. The molecule has 0 N–H and O–H groups in total. The molecule has 3 rings (SSSR count). The highest BCUT2D eigenvalue weighted by molar-refractivity contribution is 8.05. The number of amides is 1. The van der Waals surface area contributed by atoms with Crippen molar-refractivity contribution in [2.24, 2.45) is 4.99 Å². The van der Waals surface area contributed by atoms with Crippen LogP contribution in [-0.4, -0.2) is 16.9 Å². The van der Waals surface area contributed by atoms with Gasteiger partial charge in [0.1, 0.15) is 0 Å². The maximum Gasteiger partial charge on any atom is 0.283 e. The molecule has 0 spiro atoms. The molecule has 0 fully saturated rings. The van der Waals surface area contributed by atoms with Gasteiger partial charge in [0.25, 0.3) is 5.91 Å². The van der Waals surface area contributed by atoms with Gasteiger partial charge < -0.3 is 0 Å². The Balaban J connectivity index is 1.92. The number of aliphatic imine (C=N–C) groups is 1. The second-order valence-corrected chi connectivity index (χ2v) is 5.73. The van der Waals surface area contributed by atoms with Gasteiger partial charge in [0.2, 0.25) is 0 Å². The summed E-state index contributed by atoms with van der Waals surface area (Å²) in [7, 11) is 0. The number of thioether (sulfide) groups is 1. The summed E-state index contributed by atoms with van der Waals surface area (Å²) >= 11 is 1.57. The highest BCUT2D eigenvalue weighted by Crippen LogP contribution is 2.32. The molecule has 2 nitrogen and oxygen atoms in total. The zero-order chi connectivity index (χ0) is 13.2. The lowest BCUT2D eigenvalue weighted by Gasteiger charge is -2.20. The van der Waals surface area contributed by atoms with E-state index in [1.54, 1.807) is 11.8 Å². The van der Waals surface area contributed by atoms with E-state index in [1.165, 1.54) is 5.56 Å². The Morgan fingerprint density at radius 1 is 1.21 bits per heavy atom. The normalized spacial score (nSPS) is 23.4. The van der Waals surface area contributed by atoms with Gasteiger partial charge in [0, 0.05) is 0 Å². The smallest absolute Gasteiger partial charge is 0.266 e. The molecular weight excluding hydrogens is 254 g/mol. The summed E-state index contributed by atoms with van der Waals surface area (Å²) in [6, 6.07) is 8.13. The average molecular weight is 267 g/mol. The van der Waals surface area contributed by atoms with Crippen LogP contribution in [0.1, 0.15) is 11.1 Å². The number of allylic oxidation sites excluding steroid dienone is 3. The van der Waals surface area contributed by atoms with Gasteiger partial charge in [-0.05, 0) is 24.6 Å². The number of aryl methyl sites for hydroxylation is 1. The quantitative estimate of drug-likeness (QED) is 0.728. The fourth-order valence-electron chi connectivity index (χ4n) is 1.98. The third kappa shape index (κ3) is 2.61. The van der Waals surface area contributed by atoms with Crippen molar-refractivity contribution in [2.75, 3.05) is 0 Å². The summed E-state index contributed by atoms with van der Waals surface area (Å²) < 4.78 is 0. The first-order valence-electron chi connectivity index (χ1n) is 6.15. The lowest BCUT2D eigenvalue weighted by molar-refractivity contribution is -0.113. The van der Waals surface area contributed by atoms with Gasteiger partial charge in [0.15, 0.2) is 0 Å². The fourth-order valence-corrected chi connectivity index (χ4v) is 3.03. The summed E-state index contributed by atoms with van der Waals surface area (Å²) in [5.74, 6) is -0.142. The molecule has 1 atom stereocenters. The van der Waals surface area contributed by atoms with Crippen molar-refractivity contribution in [3.63, 3.8) is 0 Å². The molecule has 0 saturated carbocycles. The SMILES string of the molecule is Cc1ccc(/C=C2/SC3C=CC=CC3=NC2=O)cc1. The molecule has 3 heteroatoms. The maximum absolute atomic E-state index is 12.0. The Bertz CT molecular complexity index is 635. The van der Waals surface area contributed by atoms with Gasteiger partial charge in [-0.1, -0.05) is 48.1 Å². The second kappa shape index (κ2) is 5.02. The number of benzene rings is 1. The molecule has 1 amide bonds. The minimum Gasteiger partial charge on any atom is -0.266 e. The predicted molar refractivity (Wildman–Crippen MR) is 81.3 cm³/mol. The van der Waals surface area contributed by atoms with Crippen LogP contribution >= 0.6 is 11.8 Å². The van der Waals surface area contributed by atoms with Crippen LogP contribution in [0.2, 0.25) is 0 Å². The summed E-state index contributed by atoms with van der Waals surface area (Å²) in [5, 5.41) is 0.166. The Morgan fingerprint density at radius 2 is 2.00 bits per heavy atom. The van der Waals surface area contributed by atoms with Gasteiger partial charge in [-0.2, -0.15) is 0 Å². The van der Waals surface area contributed by atoms with Crippen LogP contribution in [0.15, 0.2) is 58.5 Å². The van der Waals surface area contributed by atoms with Crippen molar-refractivity contribution in [1.82, 2.24) is 0 Å². The number of nitrogens with zero attached hydrogens (tertiary/aromatic N) is 1. The fraction of sp³-hybridized carbons (Fsp3) is 0.125. The van der Waals surface area contributed by atoms with E-state index < -0.39 is 0 Å². The van der Waals surface area contributed by atoms with Crippen molar-refractivity contribution in [2.45, 2.75) is 12.2 Å². The van der Waals surface area contributed by atoms with Crippen molar-refractivity contribution in [1.29, 1.82) is 0 Å². The van der Waals surface area contributed by atoms with Crippen LogP contribution in [0.3, 0.4) is 0 Å². The van der Waals surface area contributed by atoms with E-state index in [1.807, 2.05) is 55.5 Å². The minimum atomic E-state index is -0.142. The van der Waals surface area contributed by atoms with E-state index in [9.17, 15) is 4.79 Å². The standard InChI is InChI=1S/C16H13NOS/c1-11-6-8-12(9-7-11)10-15-16(18)17-13-4-2-3-5-14(13)19-15/h2-10,14H,1H3/b15-10+. The average Bonchev–Trinajstić information content (AvgIpc) is 2.42. The van der Waals surface area contributed by atoms with Crippen molar-refractivity contribution < 1.29 is 4.79 Å². The first kappa shape index (κ1) is 12.2. The number of rotatable bonds is 1. The number of hydrogen-bond donors (Lipinski definition) is 0. The van der Waals surface area contributed by atoms with E-state index >= 15 is 0 Å². The lowest BCUT2D eigenvalue weighted by Crippen LogP contribution is -2.22. The molecule has 1 aliphatic heterocycles. The molecule has 0 bridgehead atoms. The summed E-state index contributed by atoms with van der Waals surface area (Å²) in [5.41, 5.74) is 3.10. The van der Waals surface area contributed by atoms with E-state index in [0.717, 1.165) is 11.3 Å². The molecule has 0 saturated heterocycles. The predicted octanol–water partition coefficient (Wildman–Crippen LogP) is 3.54. The first-order valence-corrected chi connectivity index (χ1v) is 7.03. The molecule has 19 heavy (non-hydrogen) atoms. The van der Waals surface area contributed by atoms with Gasteiger partial charge >= 0.3 is 0 Å². The zero-order valence-electron chi connectivity index (χ0n) is 10.5. The van der Waals surface area contributed by atoms with Crippen LogP contribution in [0.4, 0.5) is 0 Å². The molecular formula is C16H13NOS. The van der Waals surface area contributed by atoms with E-state index in [-0.39, 0.29) is 11.2 Å². The molecule has 0 radical (unpaired) electrons. The highest BCUT2D eigenvalue weighted by Gasteiger charge is 2.25.